The van der Waals surface area contributed by atoms with Crippen LogP contribution in [-0.2, 0) is 20.9 Å². The molecular formula is C17H20ClNO4. The monoisotopic (exact) mass is 337 g/mol. The number of amides is 1. The van der Waals surface area contributed by atoms with Gasteiger partial charge in [0.15, 0.2) is 0 Å². The second-order valence-corrected chi connectivity index (χ2v) is 6.92. The van der Waals surface area contributed by atoms with Gasteiger partial charge in [-0.15, -0.1) is 11.6 Å². The SMILES string of the molecule is COC(=O)C1(Cl)CC12CCN(C(=O)OCc1ccccc1)CC2. The second-order valence-electron chi connectivity index (χ2n) is 6.28. The van der Waals surface area contributed by atoms with E-state index < -0.39 is 4.87 Å². The van der Waals surface area contributed by atoms with Gasteiger partial charge < -0.3 is 14.4 Å². The number of alkyl halides is 1. The predicted molar refractivity (Wildman–Crippen MR) is 85.1 cm³/mol. The fraction of sp³-hybridized carbons (Fsp3) is 0.529. The highest BCUT2D eigenvalue weighted by molar-refractivity contribution is 6.37. The number of likely N-dealkylation sites (tertiary alicyclic amines) is 1. The van der Waals surface area contributed by atoms with Crippen LogP contribution in [0.3, 0.4) is 0 Å². The summed E-state index contributed by atoms with van der Waals surface area (Å²) in [4.78, 5) is 24.7. The van der Waals surface area contributed by atoms with E-state index in [1.165, 1.54) is 7.11 Å². The van der Waals surface area contributed by atoms with Gasteiger partial charge in [-0.2, -0.15) is 0 Å². The molecule has 1 unspecified atom stereocenters. The largest absolute Gasteiger partial charge is 0.468 e. The van der Waals surface area contributed by atoms with Crippen LogP contribution in [-0.4, -0.2) is 42.0 Å². The van der Waals surface area contributed by atoms with Crippen LogP contribution >= 0.6 is 11.6 Å². The van der Waals surface area contributed by atoms with E-state index in [-0.39, 0.29) is 24.1 Å². The molecule has 124 valence electrons. The lowest BCUT2D eigenvalue weighted by Gasteiger charge is -2.32. The quantitative estimate of drug-likeness (QED) is 0.628. The number of piperidine rings is 1. The maximum atomic E-state index is 12.1. The van der Waals surface area contributed by atoms with Crippen molar-refractivity contribution in [3.8, 4) is 0 Å². The molecule has 23 heavy (non-hydrogen) atoms. The van der Waals surface area contributed by atoms with Crippen molar-refractivity contribution in [1.82, 2.24) is 4.90 Å². The van der Waals surface area contributed by atoms with E-state index in [2.05, 4.69) is 0 Å². The molecule has 1 aliphatic carbocycles. The summed E-state index contributed by atoms with van der Waals surface area (Å²) in [6.07, 6.45) is 1.71. The smallest absolute Gasteiger partial charge is 0.410 e. The normalized spacial score (nSPS) is 25.0. The van der Waals surface area contributed by atoms with Crippen molar-refractivity contribution in [2.75, 3.05) is 20.2 Å². The summed E-state index contributed by atoms with van der Waals surface area (Å²) < 4.78 is 10.1. The lowest BCUT2D eigenvalue weighted by Crippen LogP contribution is -2.42. The van der Waals surface area contributed by atoms with E-state index in [4.69, 9.17) is 21.1 Å². The molecule has 1 saturated heterocycles. The minimum absolute atomic E-state index is 0.224. The maximum Gasteiger partial charge on any atom is 0.410 e. The highest BCUT2D eigenvalue weighted by Gasteiger charge is 2.72. The molecule has 2 aliphatic rings. The molecule has 0 radical (unpaired) electrons. The molecule has 1 aromatic carbocycles. The second kappa shape index (κ2) is 6.04. The van der Waals surface area contributed by atoms with Gasteiger partial charge in [0.25, 0.3) is 0 Å². The Bertz CT molecular complexity index is 598. The lowest BCUT2D eigenvalue weighted by atomic mass is 9.91. The van der Waals surface area contributed by atoms with Gasteiger partial charge in [0, 0.05) is 18.5 Å². The van der Waals surface area contributed by atoms with Crippen LogP contribution in [0.4, 0.5) is 4.79 Å². The molecule has 1 heterocycles. The zero-order valence-electron chi connectivity index (χ0n) is 13.1. The van der Waals surface area contributed by atoms with E-state index in [9.17, 15) is 9.59 Å². The number of methoxy groups -OCH3 is 1. The van der Waals surface area contributed by atoms with Crippen molar-refractivity contribution in [2.24, 2.45) is 5.41 Å². The van der Waals surface area contributed by atoms with E-state index in [1.54, 1.807) is 4.90 Å². The van der Waals surface area contributed by atoms with Gasteiger partial charge in [-0.25, -0.2) is 4.79 Å². The molecule has 1 aromatic rings. The minimum Gasteiger partial charge on any atom is -0.468 e. The van der Waals surface area contributed by atoms with Gasteiger partial charge in [0.2, 0.25) is 0 Å². The molecule has 5 nitrogen and oxygen atoms in total. The zero-order chi connectivity index (χ0) is 16.5. The molecule has 2 fully saturated rings. The van der Waals surface area contributed by atoms with Gasteiger partial charge in [-0.1, -0.05) is 30.3 Å². The summed E-state index contributed by atoms with van der Waals surface area (Å²) in [5.41, 5.74) is 0.736. The highest BCUT2D eigenvalue weighted by atomic mass is 35.5. The lowest BCUT2D eigenvalue weighted by molar-refractivity contribution is -0.142. The highest BCUT2D eigenvalue weighted by Crippen LogP contribution is 2.66. The minimum atomic E-state index is -0.901. The summed E-state index contributed by atoms with van der Waals surface area (Å²) in [6, 6.07) is 9.58. The summed E-state index contributed by atoms with van der Waals surface area (Å²) in [5.74, 6) is -0.362. The molecule has 6 heteroatoms. The van der Waals surface area contributed by atoms with Crippen LogP contribution in [0, 0.1) is 5.41 Å². The van der Waals surface area contributed by atoms with Crippen LogP contribution in [0.25, 0.3) is 0 Å². The Morgan fingerprint density at radius 3 is 2.48 bits per heavy atom. The van der Waals surface area contributed by atoms with Crippen LogP contribution in [0.1, 0.15) is 24.8 Å². The van der Waals surface area contributed by atoms with Crippen molar-refractivity contribution in [3.63, 3.8) is 0 Å². The third kappa shape index (κ3) is 2.90. The molecule has 3 rings (SSSR count). The van der Waals surface area contributed by atoms with Gasteiger partial charge in [-0.05, 0) is 24.8 Å². The number of hydrogen-bond acceptors (Lipinski definition) is 4. The first-order valence-corrected chi connectivity index (χ1v) is 8.11. The number of carbonyl (C=O) groups excluding carboxylic acids is 2. The standard InChI is InChI=1S/C17H20ClNO4/c1-22-14(20)17(18)12-16(17)7-9-19(10-8-16)15(21)23-11-13-5-3-2-4-6-13/h2-6H,7-12H2,1H3. The average Bonchev–Trinajstić information content (AvgIpc) is 3.18. The Kier molecular flexibility index (Phi) is 4.23. The number of ether oxygens (including phenoxy) is 2. The molecule has 0 bridgehead atoms. The van der Waals surface area contributed by atoms with Crippen molar-refractivity contribution in [1.29, 1.82) is 0 Å². The Morgan fingerprint density at radius 1 is 1.22 bits per heavy atom. The van der Waals surface area contributed by atoms with Crippen molar-refractivity contribution >= 4 is 23.7 Å². The van der Waals surface area contributed by atoms with Crippen LogP contribution in [0.15, 0.2) is 30.3 Å². The Hall–Kier alpha value is -1.75. The predicted octanol–water partition coefficient (Wildman–Crippen LogP) is 2.96. The van der Waals surface area contributed by atoms with E-state index >= 15 is 0 Å². The zero-order valence-corrected chi connectivity index (χ0v) is 13.8. The van der Waals surface area contributed by atoms with Crippen LogP contribution in [0.5, 0.6) is 0 Å². The number of hydrogen-bond donors (Lipinski definition) is 0. The maximum absolute atomic E-state index is 12.1. The third-order valence-electron chi connectivity index (χ3n) is 4.99. The molecule has 1 aliphatic heterocycles. The molecule has 0 N–H and O–H groups in total. The summed E-state index contributed by atoms with van der Waals surface area (Å²) in [6.45, 7) is 1.38. The van der Waals surface area contributed by atoms with Gasteiger partial charge in [0.05, 0.1) is 7.11 Å². The molecule has 1 atom stereocenters. The van der Waals surface area contributed by atoms with Crippen LogP contribution < -0.4 is 0 Å². The number of nitrogens with zero attached hydrogens (tertiary/aromatic N) is 1. The van der Waals surface area contributed by atoms with E-state index in [0.29, 0.717) is 32.4 Å². The van der Waals surface area contributed by atoms with Crippen LogP contribution in [0.2, 0.25) is 0 Å². The summed E-state index contributed by atoms with van der Waals surface area (Å²) >= 11 is 6.39. The molecule has 1 saturated carbocycles. The number of halogens is 1. The molecule has 1 spiro atoms. The number of carbonyl (C=O) groups is 2. The van der Waals surface area contributed by atoms with Crippen molar-refractivity contribution in [3.05, 3.63) is 35.9 Å². The Balaban J connectivity index is 1.50. The van der Waals surface area contributed by atoms with Crippen molar-refractivity contribution < 1.29 is 19.1 Å². The third-order valence-corrected chi connectivity index (χ3v) is 5.68. The first-order chi connectivity index (χ1) is 11.0. The molecular weight excluding hydrogens is 318 g/mol. The summed E-state index contributed by atoms with van der Waals surface area (Å²) in [5, 5.41) is 0. The van der Waals surface area contributed by atoms with E-state index in [1.807, 2.05) is 30.3 Å². The number of esters is 1. The topological polar surface area (TPSA) is 55.8 Å². The van der Waals surface area contributed by atoms with Gasteiger partial charge in [0.1, 0.15) is 11.5 Å². The molecule has 0 aromatic heterocycles. The Labute approximate surface area is 140 Å². The first kappa shape index (κ1) is 16.1. The Morgan fingerprint density at radius 2 is 1.87 bits per heavy atom. The fourth-order valence-corrected chi connectivity index (χ4v) is 3.90. The van der Waals surface area contributed by atoms with Crippen molar-refractivity contribution in [2.45, 2.75) is 30.7 Å². The number of rotatable bonds is 3. The summed E-state index contributed by atoms with van der Waals surface area (Å²) in [7, 11) is 1.36. The van der Waals surface area contributed by atoms with Gasteiger partial charge in [-0.3, -0.25) is 4.79 Å². The number of benzene rings is 1. The van der Waals surface area contributed by atoms with E-state index in [0.717, 1.165) is 5.56 Å². The fourth-order valence-electron chi connectivity index (χ4n) is 3.37. The first-order valence-electron chi connectivity index (χ1n) is 7.74. The molecule has 1 amide bonds. The average molecular weight is 338 g/mol. The van der Waals surface area contributed by atoms with Gasteiger partial charge >= 0.3 is 12.1 Å².